The van der Waals surface area contributed by atoms with E-state index in [1.54, 1.807) is 11.9 Å². The number of piperazine rings is 1. The molecule has 1 saturated carbocycles. The molecule has 166 valence electrons. The Hall–Kier alpha value is -2.35. The Kier molecular flexibility index (Phi) is 6.95. The molecular formula is C23H29ClN4O3. The lowest BCUT2D eigenvalue weighted by molar-refractivity contribution is -0.132. The molecule has 1 aromatic heterocycles. The summed E-state index contributed by atoms with van der Waals surface area (Å²) in [5.74, 6) is 1.68. The first-order chi connectivity index (χ1) is 15.0. The molecule has 0 unspecified atom stereocenters. The molecule has 1 N–H and O–H groups in total. The minimum atomic E-state index is 0.0596. The number of amides is 2. The second-order valence-corrected chi connectivity index (χ2v) is 8.85. The Morgan fingerprint density at radius 1 is 1.03 bits per heavy atom. The molecule has 1 saturated heterocycles. The van der Waals surface area contributed by atoms with E-state index in [1.165, 1.54) is 0 Å². The van der Waals surface area contributed by atoms with Crippen molar-refractivity contribution in [3.63, 3.8) is 0 Å². The van der Waals surface area contributed by atoms with Gasteiger partial charge in [-0.2, -0.15) is 0 Å². The Morgan fingerprint density at radius 3 is 2.32 bits per heavy atom. The summed E-state index contributed by atoms with van der Waals surface area (Å²) in [5.41, 5.74) is 0.952. The van der Waals surface area contributed by atoms with Crippen molar-refractivity contribution in [3.8, 4) is 11.3 Å². The van der Waals surface area contributed by atoms with Crippen LogP contribution in [-0.2, 0) is 16.1 Å². The summed E-state index contributed by atoms with van der Waals surface area (Å²) >= 11 is 5.94. The fourth-order valence-electron chi connectivity index (χ4n) is 3.68. The predicted octanol–water partition coefficient (Wildman–Crippen LogP) is 2.45. The first-order valence-electron chi connectivity index (χ1n) is 10.8. The molecular weight excluding hydrogens is 416 g/mol. The highest BCUT2D eigenvalue weighted by Crippen LogP contribution is 2.24. The number of hydrogen-bond donors (Lipinski definition) is 1. The van der Waals surface area contributed by atoms with Crippen LogP contribution in [0.1, 0.15) is 18.6 Å². The van der Waals surface area contributed by atoms with Gasteiger partial charge in [0.15, 0.2) is 0 Å². The molecule has 0 radical (unpaired) electrons. The second-order valence-electron chi connectivity index (χ2n) is 8.42. The molecule has 0 atom stereocenters. The lowest BCUT2D eigenvalue weighted by Crippen LogP contribution is -2.51. The monoisotopic (exact) mass is 444 g/mol. The zero-order valence-electron chi connectivity index (χ0n) is 17.8. The standard InChI is InChI=1S/C23H29ClN4O3/c1-26(14-20-8-9-21(31-20)17-2-4-18(24)5-3-17)23(30)16-28-12-10-27(11-13-28)15-22(29)25-19-6-7-19/h2-5,8-9,19H,6-7,10-16H2,1H3,(H,25,29). The molecule has 1 aliphatic carbocycles. The topological polar surface area (TPSA) is 69.0 Å². The van der Waals surface area contributed by atoms with Crippen LogP contribution in [0.5, 0.6) is 0 Å². The van der Waals surface area contributed by atoms with Crippen molar-refractivity contribution < 1.29 is 14.0 Å². The van der Waals surface area contributed by atoms with E-state index in [4.69, 9.17) is 16.0 Å². The minimum Gasteiger partial charge on any atom is -0.459 e. The zero-order chi connectivity index (χ0) is 21.8. The van der Waals surface area contributed by atoms with Gasteiger partial charge in [0.2, 0.25) is 11.8 Å². The maximum absolute atomic E-state index is 12.7. The Balaban J connectivity index is 1.20. The van der Waals surface area contributed by atoms with Crippen molar-refractivity contribution in [2.24, 2.45) is 0 Å². The Labute approximate surface area is 187 Å². The van der Waals surface area contributed by atoms with Crippen molar-refractivity contribution in [3.05, 3.63) is 47.2 Å². The van der Waals surface area contributed by atoms with Gasteiger partial charge in [0.1, 0.15) is 11.5 Å². The first kappa shape index (κ1) is 21.9. The molecule has 2 heterocycles. The van der Waals surface area contributed by atoms with Crippen LogP contribution in [-0.4, -0.2) is 78.9 Å². The van der Waals surface area contributed by atoms with Gasteiger partial charge in [-0.1, -0.05) is 11.6 Å². The van der Waals surface area contributed by atoms with E-state index in [1.807, 2.05) is 36.4 Å². The molecule has 2 amide bonds. The number of benzene rings is 1. The van der Waals surface area contributed by atoms with Gasteiger partial charge >= 0.3 is 0 Å². The third-order valence-electron chi connectivity index (χ3n) is 5.74. The lowest BCUT2D eigenvalue weighted by Gasteiger charge is -2.34. The predicted molar refractivity (Wildman–Crippen MR) is 120 cm³/mol. The summed E-state index contributed by atoms with van der Waals surface area (Å²) in [5, 5.41) is 3.71. The van der Waals surface area contributed by atoms with E-state index in [0.717, 1.165) is 56.1 Å². The van der Waals surface area contributed by atoms with Crippen LogP contribution in [0.25, 0.3) is 11.3 Å². The third kappa shape index (κ3) is 6.32. The number of carbonyl (C=O) groups is 2. The number of nitrogens with one attached hydrogen (secondary N) is 1. The van der Waals surface area contributed by atoms with E-state index in [0.29, 0.717) is 30.7 Å². The molecule has 4 rings (SSSR count). The normalized spacial score (nSPS) is 17.5. The van der Waals surface area contributed by atoms with E-state index >= 15 is 0 Å². The maximum atomic E-state index is 12.7. The first-order valence-corrected chi connectivity index (χ1v) is 11.2. The number of likely N-dealkylation sites (N-methyl/N-ethyl adjacent to an activating group) is 1. The summed E-state index contributed by atoms with van der Waals surface area (Å²) in [7, 11) is 1.80. The van der Waals surface area contributed by atoms with Crippen molar-refractivity contribution in [1.29, 1.82) is 0 Å². The van der Waals surface area contributed by atoms with Crippen LogP contribution < -0.4 is 5.32 Å². The van der Waals surface area contributed by atoms with Crippen LogP contribution in [0, 0.1) is 0 Å². The summed E-state index contributed by atoms with van der Waals surface area (Å²) in [4.78, 5) is 30.6. The molecule has 2 aliphatic rings. The number of halogens is 1. The van der Waals surface area contributed by atoms with E-state index < -0.39 is 0 Å². The van der Waals surface area contributed by atoms with E-state index in [2.05, 4.69) is 15.1 Å². The van der Waals surface area contributed by atoms with Crippen LogP contribution in [0.3, 0.4) is 0 Å². The van der Waals surface area contributed by atoms with Crippen LogP contribution in [0.2, 0.25) is 5.02 Å². The molecule has 31 heavy (non-hydrogen) atoms. The van der Waals surface area contributed by atoms with Gasteiger partial charge in [-0.15, -0.1) is 0 Å². The lowest BCUT2D eigenvalue weighted by atomic mass is 10.2. The van der Waals surface area contributed by atoms with Gasteiger partial charge in [-0.25, -0.2) is 0 Å². The molecule has 0 bridgehead atoms. The second kappa shape index (κ2) is 9.85. The number of nitrogens with zero attached hydrogens (tertiary/aromatic N) is 3. The number of hydrogen-bond acceptors (Lipinski definition) is 5. The largest absolute Gasteiger partial charge is 0.459 e. The molecule has 0 spiro atoms. The van der Waals surface area contributed by atoms with Gasteiger partial charge in [0, 0.05) is 49.9 Å². The fraction of sp³-hybridized carbons (Fsp3) is 0.478. The highest BCUT2D eigenvalue weighted by atomic mass is 35.5. The van der Waals surface area contributed by atoms with Gasteiger partial charge in [0.25, 0.3) is 0 Å². The van der Waals surface area contributed by atoms with Gasteiger partial charge < -0.3 is 14.6 Å². The quantitative estimate of drug-likeness (QED) is 0.677. The average molecular weight is 445 g/mol. The van der Waals surface area contributed by atoms with Crippen LogP contribution in [0.4, 0.5) is 0 Å². The third-order valence-corrected chi connectivity index (χ3v) is 5.99. The average Bonchev–Trinajstić information content (AvgIpc) is 3.44. The molecule has 7 nitrogen and oxygen atoms in total. The fourth-order valence-corrected chi connectivity index (χ4v) is 3.80. The maximum Gasteiger partial charge on any atom is 0.236 e. The molecule has 8 heteroatoms. The number of carbonyl (C=O) groups excluding carboxylic acids is 2. The van der Waals surface area contributed by atoms with Crippen LogP contribution in [0.15, 0.2) is 40.8 Å². The molecule has 2 fully saturated rings. The summed E-state index contributed by atoms with van der Waals surface area (Å²) < 4.78 is 5.91. The number of rotatable bonds is 8. The summed E-state index contributed by atoms with van der Waals surface area (Å²) in [6.07, 6.45) is 2.21. The smallest absolute Gasteiger partial charge is 0.236 e. The summed E-state index contributed by atoms with van der Waals surface area (Å²) in [6.45, 7) is 4.44. The van der Waals surface area contributed by atoms with Crippen molar-refractivity contribution in [2.45, 2.75) is 25.4 Å². The number of furan rings is 1. The van der Waals surface area contributed by atoms with Crippen LogP contribution >= 0.6 is 11.6 Å². The zero-order valence-corrected chi connectivity index (χ0v) is 18.6. The molecule has 2 aromatic rings. The summed E-state index contributed by atoms with van der Waals surface area (Å²) in [6, 6.07) is 11.7. The Bertz CT molecular complexity index is 902. The SMILES string of the molecule is CN(Cc1ccc(-c2ccc(Cl)cc2)o1)C(=O)CN1CCN(CC(=O)NC2CC2)CC1. The van der Waals surface area contributed by atoms with Gasteiger partial charge in [-0.05, 0) is 49.2 Å². The highest BCUT2D eigenvalue weighted by Gasteiger charge is 2.26. The van der Waals surface area contributed by atoms with Gasteiger partial charge in [0.05, 0.1) is 19.6 Å². The van der Waals surface area contributed by atoms with E-state index in [9.17, 15) is 9.59 Å². The molecule has 1 aliphatic heterocycles. The van der Waals surface area contributed by atoms with Crippen molar-refractivity contribution in [1.82, 2.24) is 20.0 Å². The minimum absolute atomic E-state index is 0.0596. The molecule has 1 aromatic carbocycles. The highest BCUT2D eigenvalue weighted by molar-refractivity contribution is 6.30. The van der Waals surface area contributed by atoms with Gasteiger partial charge in [-0.3, -0.25) is 19.4 Å². The van der Waals surface area contributed by atoms with E-state index in [-0.39, 0.29) is 11.8 Å². The van der Waals surface area contributed by atoms with Crippen molar-refractivity contribution in [2.75, 3.05) is 46.3 Å². The Morgan fingerprint density at radius 2 is 1.68 bits per heavy atom. The van der Waals surface area contributed by atoms with Crippen molar-refractivity contribution >= 4 is 23.4 Å².